The molecule has 0 aromatic heterocycles. The van der Waals surface area contributed by atoms with Gasteiger partial charge in [-0.15, -0.1) is 0 Å². The van der Waals surface area contributed by atoms with Gasteiger partial charge in [0.05, 0.1) is 18.0 Å². The highest BCUT2D eigenvalue weighted by molar-refractivity contribution is 7.92. The highest BCUT2D eigenvalue weighted by Gasteiger charge is 2.30. The van der Waals surface area contributed by atoms with Crippen LogP contribution in [-0.4, -0.2) is 26.6 Å². The highest BCUT2D eigenvalue weighted by Crippen LogP contribution is 2.24. The maximum absolute atomic E-state index is 13.0. The van der Waals surface area contributed by atoms with Gasteiger partial charge in [-0.05, 0) is 57.4 Å². The third-order valence-electron chi connectivity index (χ3n) is 4.90. The molecule has 2 atom stereocenters. The van der Waals surface area contributed by atoms with E-state index in [1.807, 2.05) is 52.0 Å². The molecule has 0 heterocycles. The molecule has 2 aromatic carbocycles. The van der Waals surface area contributed by atoms with E-state index in [2.05, 4.69) is 11.4 Å². The second kappa shape index (κ2) is 8.78. The Balaban J connectivity index is 2.30. The van der Waals surface area contributed by atoms with Gasteiger partial charge in [0, 0.05) is 0 Å². The molecule has 6 heteroatoms. The van der Waals surface area contributed by atoms with Crippen LogP contribution in [-0.2, 0) is 14.8 Å². The van der Waals surface area contributed by atoms with Crippen LogP contribution in [0, 0.1) is 20.8 Å². The number of nitrogens with one attached hydrogen (secondary N) is 1. The zero-order valence-corrected chi connectivity index (χ0v) is 18.3. The maximum Gasteiger partial charge on any atom is 0.244 e. The molecule has 0 aliphatic heterocycles. The molecule has 2 rings (SSSR count). The Hall–Kier alpha value is -2.34. The molecular formula is C22H30N2O3S. The van der Waals surface area contributed by atoms with E-state index < -0.39 is 16.1 Å². The lowest BCUT2D eigenvalue weighted by Gasteiger charge is -2.30. The van der Waals surface area contributed by atoms with Crippen LogP contribution >= 0.6 is 0 Å². The lowest BCUT2D eigenvalue weighted by atomic mass is 9.97. The molecule has 28 heavy (non-hydrogen) atoms. The molecule has 2 aromatic rings. The van der Waals surface area contributed by atoms with Crippen LogP contribution in [0.15, 0.2) is 42.5 Å². The van der Waals surface area contributed by atoms with Gasteiger partial charge in [-0.1, -0.05) is 48.4 Å². The first-order valence-electron chi connectivity index (χ1n) is 9.48. The zero-order chi connectivity index (χ0) is 21.1. The minimum atomic E-state index is -3.62. The van der Waals surface area contributed by atoms with Crippen molar-refractivity contribution in [3.05, 3.63) is 64.7 Å². The predicted molar refractivity (Wildman–Crippen MR) is 115 cm³/mol. The van der Waals surface area contributed by atoms with Crippen molar-refractivity contribution >= 4 is 21.6 Å². The summed E-state index contributed by atoms with van der Waals surface area (Å²) in [5.74, 6) is -0.321. The van der Waals surface area contributed by atoms with E-state index in [1.54, 1.807) is 19.1 Å². The Kier molecular flexibility index (Phi) is 6.88. The van der Waals surface area contributed by atoms with E-state index in [1.165, 1.54) is 9.87 Å². The second-order valence-corrected chi connectivity index (χ2v) is 9.26. The standard InChI is InChI=1S/C22H30N2O3S/c1-7-21(20-13-10-16(3)14-17(20)4)23-22(25)18(5)24(28(6,26)27)19-11-8-15(2)9-12-19/h8-14,18,21H,7H2,1-6H3,(H,23,25). The van der Waals surface area contributed by atoms with Crippen molar-refractivity contribution in [3.63, 3.8) is 0 Å². The predicted octanol–water partition coefficient (Wildman–Crippen LogP) is 4.03. The molecule has 0 saturated heterocycles. The van der Waals surface area contributed by atoms with E-state index in [0.717, 1.165) is 22.9 Å². The van der Waals surface area contributed by atoms with Crippen LogP contribution in [0.4, 0.5) is 5.69 Å². The summed E-state index contributed by atoms with van der Waals surface area (Å²) in [4.78, 5) is 13.0. The summed E-state index contributed by atoms with van der Waals surface area (Å²) in [6.07, 6.45) is 1.84. The van der Waals surface area contributed by atoms with Crippen molar-refractivity contribution in [2.75, 3.05) is 10.6 Å². The molecule has 2 unspecified atom stereocenters. The van der Waals surface area contributed by atoms with Crippen LogP contribution in [0.5, 0.6) is 0 Å². The van der Waals surface area contributed by atoms with E-state index >= 15 is 0 Å². The van der Waals surface area contributed by atoms with Gasteiger partial charge in [-0.3, -0.25) is 9.10 Å². The van der Waals surface area contributed by atoms with Crippen LogP contribution < -0.4 is 9.62 Å². The maximum atomic E-state index is 13.0. The van der Waals surface area contributed by atoms with Gasteiger partial charge in [-0.25, -0.2) is 8.42 Å². The molecule has 0 bridgehead atoms. The van der Waals surface area contributed by atoms with Crippen molar-refractivity contribution in [1.82, 2.24) is 5.32 Å². The van der Waals surface area contributed by atoms with Gasteiger partial charge in [0.1, 0.15) is 6.04 Å². The summed E-state index contributed by atoms with van der Waals surface area (Å²) >= 11 is 0. The first-order chi connectivity index (χ1) is 13.0. The lowest BCUT2D eigenvalue weighted by Crippen LogP contribution is -2.48. The Morgan fingerprint density at radius 1 is 1.04 bits per heavy atom. The number of amides is 1. The number of nitrogens with zero attached hydrogens (tertiary/aromatic N) is 1. The van der Waals surface area contributed by atoms with Gasteiger partial charge >= 0.3 is 0 Å². The van der Waals surface area contributed by atoms with Crippen molar-refractivity contribution in [1.29, 1.82) is 0 Å². The summed E-state index contributed by atoms with van der Waals surface area (Å²) in [7, 11) is -3.62. The molecule has 0 aliphatic carbocycles. The van der Waals surface area contributed by atoms with E-state index in [4.69, 9.17) is 0 Å². The van der Waals surface area contributed by atoms with E-state index in [-0.39, 0.29) is 11.9 Å². The summed E-state index contributed by atoms with van der Waals surface area (Å²) in [6.45, 7) is 9.61. The van der Waals surface area contributed by atoms with Crippen molar-refractivity contribution < 1.29 is 13.2 Å². The van der Waals surface area contributed by atoms with Crippen LogP contribution in [0.2, 0.25) is 0 Å². The molecule has 152 valence electrons. The van der Waals surface area contributed by atoms with Gasteiger partial charge in [0.25, 0.3) is 0 Å². The Morgan fingerprint density at radius 3 is 2.11 bits per heavy atom. The van der Waals surface area contributed by atoms with Gasteiger partial charge < -0.3 is 5.32 Å². The summed E-state index contributed by atoms with van der Waals surface area (Å²) in [5, 5.41) is 3.03. The SMILES string of the molecule is CCC(NC(=O)C(C)N(c1ccc(C)cc1)S(C)(=O)=O)c1ccc(C)cc1C. The van der Waals surface area contributed by atoms with E-state index in [9.17, 15) is 13.2 Å². The fraction of sp³-hybridized carbons (Fsp3) is 0.409. The zero-order valence-electron chi connectivity index (χ0n) is 17.5. The number of hydrogen-bond acceptors (Lipinski definition) is 3. The third kappa shape index (κ3) is 5.13. The number of rotatable bonds is 7. The second-order valence-electron chi connectivity index (χ2n) is 7.40. The molecule has 0 fully saturated rings. The Bertz CT molecular complexity index is 937. The number of aryl methyl sites for hydroxylation is 3. The summed E-state index contributed by atoms with van der Waals surface area (Å²) in [5.41, 5.74) is 4.83. The number of anilines is 1. The molecule has 5 nitrogen and oxygen atoms in total. The first-order valence-corrected chi connectivity index (χ1v) is 11.3. The summed E-state index contributed by atoms with van der Waals surface area (Å²) < 4.78 is 26.0. The lowest BCUT2D eigenvalue weighted by molar-refractivity contribution is -0.122. The highest BCUT2D eigenvalue weighted by atomic mass is 32.2. The monoisotopic (exact) mass is 402 g/mol. The van der Waals surface area contributed by atoms with Gasteiger partial charge in [-0.2, -0.15) is 0 Å². The van der Waals surface area contributed by atoms with Crippen molar-refractivity contribution in [2.24, 2.45) is 0 Å². The number of benzene rings is 2. The quantitative estimate of drug-likeness (QED) is 0.760. The topological polar surface area (TPSA) is 66.5 Å². The average Bonchev–Trinajstić information content (AvgIpc) is 2.60. The summed E-state index contributed by atoms with van der Waals surface area (Å²) in [6, 6.07) is 12.2. The molecule has 1 N–H and O–H groups in total. The Morgan fingerprint density at radius 2 is 1.61 bits per heavy atom. The fourth-order valence-corrected chi connectivity index (χ4v) is 4.58. The number of hydrogen-bond donors (Lipinski definition) is 1. The molecule has 0 aliphatic rings. The van der Waals surface area contributed by atoms with Crippen LogP contribution in [0.3, 0.4) is 0 Å². The first kappa shape index (κ1) is 22.0. The number of carbonyl (C=O) groups excluding carboxylic acids is 1. The van der Waals surface area contributed by atoms with Crippen LogP contribution in [0.1, 0.15) is 48.6 Å². The average molecular weight is 403 g/mol. The third-order valence-corrected chi connectivity index (χ3v) is 6.14. The minimum Gasteiger partial charge on any atom is -0.347 e. The van der Waals surface area contributed by atoms with Crippen LogP contribution in [0.25, 0.3) is 0 Å². The molecule has 1 amide bonds. The molecule has 0 spiro atoms. The van der Waals surface area contributed by atoms with Crippen molar-refractivity contribution in [3.8, 4) is 0 Å². The minimum absolute atomic E-state index is 0.171. The van der Waals surface area contributed by atoms with E-state index in [0.29, 0.717) is 12.1 Å². The number of carbonyl (C=O) groups is 1. The smallest absolute Gasteiger partial charge is 0.244 e. The fourth-order valence-electron chi connectivity index (χ4n) is 3.41. The van der Waals surface area contributed by atoms with Gasteiger partial charge in [0.2, 0.25) is 15.9 Å². The molecular weight excluding hydrogens is 372 g/mol. The molecule has 0 radical (unpaired) electrons. The normalized spacial score (nSPS) is 13.6. The van der Waals surface area contributed by atoms with Crippen molar-refractivity contribution in [2.45, 2.75) is 53.1 Å². The number of sulfonamides is 1. The van der Waals surface area contributed by atoms with Gasteiger partial charge in [0.15, 0.2) is 0 Å². The molecule has 0 saturated carbocycles. The Labute approximate surface area is 168 Å². The largest absolute Gasteiger partial charge is 0.347 e.